The summed E-state index contributed by atoms with van der Waals surface area (Å²) >= 11 is 3.97. The first-order valence-electron chi connectivity index (χ1n) is 4.02. The summed E-state index contributed by atoms with van der Waals surface area (Å²) in [4.78, 5) is 10.7. The fourth-order valence-electron chi connectivity index (χ4n) is 1.21. The van der Waals surface area contributed by atoms with Crippen LogP contribution in [0.25, 0.3) is 10.1 Å². The first kappa shape index (κ1) is 9.92. The lowest BCUT2D eigenvalue weighted by atomic mass is 10.2. The number of thiophene rings is 1. The second kappa shape index (κ2) is 3.86. The van der Waals surface area contributed by atoms with Crippen molar-refractivity contribution in [2.75, 3.05) is 0 Å². The number of carbonyl (C=O) groups is 1. The summed E-state index contributed by atoms with van der Waals surface area (Å²) in [7, 11) is 0. The zero-order valence-corrected chi connectivity index (χ0v) is 10.4. The maximum atomic E-state index is 10.7. The number of benzene rings is 1. The molecular formula is C10H7IO2S. The number of rotatable bonds is 1. The molecule has 0 N–H and O–H groups in total. The molecule has 0 unspecified atom stereocenters. The molecule has 0 aliphatic carbocycles. The fraction of sp³-hybridized carbons (Fsp3) is 0.100. The van der Waals surface area contributed by atoms with Crippen LogP contribution in [-0.4, -0.2) is 5.97 Å². The molecule has 2 nitrogen and oxygen atoms in total. The quantitative estimate of drug-likeness (QED) is 0.457. The van der Waals surface area contributed by atoms with Gasteiger partial charge in [0.05, 0.1) is 2.88 Å². The van der Waals surface area contributed by atoms with Crippen molar-refractivity contribution in [1.29, 1.82) is 0 Å². The highest BCUT2D eigenvalue weighted by molar-refractivity contribution is 14.1. The Balaban J connectivity index is 2.45. The number of halogens is 1. The van der Waals surface area contributed by atoms with Gasteiger partial charge in [0.15, 0.2) is 0 Å². The average Bonchev–Trinajstić information content (AvgIpc) is 2.42. The van der Waals surface area contributed by atoms with E-state index < -0.39 is 0 Å². The van der Waals surface area contributed by atoms with Gasteiger partial charge in [0.25, 0.3) is 0 Å². The predicted molar refractivity (Wildman–Crippen MR) is 65.9 cm³/mol. The largest absolute Gasteiger partial charge is 0.427 e. The summed E-state index contributed by atoms with van der Waals surface area (Å²) < 4.78 is 7.38. The van der Waals surface area contributed by atoms with E-state index in [9.17, 15) is 4.79 Å². The van der Waals surface area contributed by atoms with E-state index in [4.69, 9.17) is 4.74 Å². The Bertz CT molecular complexity index is 490. The van der Waals surface area contributed by atoms with Crippen LogP contribution in [0.1, 0.15) is 6.92 Å². The number of carbonyl (C=O) groups excluding carboxylic acids is 1. The highest BCUT2D eigenvalue weighted by Gasteiger charge is 2.02. The molecule has 0 bridgehead atoms. The highest BCUT2D eigenvalue weighted by atomic mass is 127. The van der Waals surface area contributed by atoms with Crippen molar-refractivity contribution in [2.45, 2.75) is 6.92 Å². The lowest BCUT2D eigenvalue weighted by Gasteiger charge is -1.99. The van der Waals surface area contributed by atoms with Crippen molar-refractivity contribution >= 4 is 50.0 Å². The van der Waals surface area contributed by atoms with E-state index in [1.807, 2.05) is 18.2 Å². The van der Waals surface area contributed by atoms with Crippen molar-refractivity contribution in [3.8, 4) is 5.75 Å². The van der Waals surface area contributed by atoms with E-state index in [0.717, 1.165) is 4.70 Å². The minimum atomic E-state index is -0.282. The van der Waals surface area contributed by atoms with Crippen LogP contribution in [0.2, 0.25) is 0 Å². The van der Waals surface area contributed by atoms with E-state index in [1.54, 1.807) is 11.3 Å². The summed E-state index contributed by atoms with van der Waals surface area (Å²) in [6.07, 6.45) is 0. The smallest absolute Gasteiger partial charge is 0.308 e. The van der Waals surface area contributed by atoms with Crippen LogP contribution in [0.3, 0.4) is 0 Å². The minimum absolute atomic E-state index is 0.282. The molecule has 2 rings (SSSR count). The van der Waals surface area contributed by atoms with E-state index in [2.05, 4.69) is 28.7 Å². The average molecular weight is 318 g/mol. The van der Waals surface area contributed by atoms with Crippen LogP contribution < -0.4 is 4.74 Å². The topological polar surface area (TPSA) is 26.3 Å². The zero-order chi connectivity index (χ0) is 10.1. The van der Waals surface area contributed by atoms with Crippen LogP contribution >= 0.6 is 33.9 Å². The standard InChI is InChI=1S/C10H7IO2S/c1-6(12)13-8-3-2-7-4-10(11)14-9(7)5-8/h2-5H,1H3. The van der Waals surface area contributed by atoms with Crippen molar-refractivity contribution < 1.29 is 9.53 Å². The minimum Gasteiger partial charge on any atom is -0.427 e. The lowest BCUT2D eigenvalue weighted by Crippen LogP contribution is -2.00. The Morgan fingerprint density at radius 1 is 1.43 bits per heavy atom. The molecule has 0 amide bonds. The summed E-state index contributed by atoms with van der Waals surface area (Å²) in [6, 6.07) is 7.78. The normalized spacial score (nSPS) is 10.4. The molecular weight excluding hydrogens is 311 g/mol. The van der Waals surface area contributed by atoms with Crippen molar-refractivity contribution in [3.63, 3.8) is 0 Å². The monoisotopic (exact) mass is 318 g/mol. The summed E-state index contributed by atoms with van der Waals surface area (Å²) in [6.45, 7) is 1.41. The van der Waals surface area contributed by atoms with Crippen LogP contribution in [0.5, 0.6) is 5.75 Å². The van der Waals surface area contributed by atoms with Gasteiger partial charge < -0.3 is 4.74 Å². The lowest BCUT2D eigenvalue weighted by molar-refractivity contribution is -0.131. The molecule has 1 heterocycles. The van der Waals surface area contributed by atoms with Crippen LogP contribution in [0, 0.1) is 2.88 Å². The molecule has 14 heavy (non-hydrogen) atoms. The third kappa shape index (κ3) is 2.06. The summed E-state index contributed by atoms with van der Waals surface area (Å²) in [5.41, 5.74) is 0. The first-order valence-corrected chi connectivity index (χ1v) is 5.92. The molecule has 1 aromatic carbocycles. The molecule has 0 saturated carbocycles. The molecule has 0 spiro atoms. The van der Waals surface area contributed by atoms with Gasteiger partial charge in [-0.1, -0.05) is 0 Å². The SMILES string of the molecule is CC(=O)Oc1ccc2cc(I)sc2c1. The van der Waals surface area contributed by atoms with Gasteiger partial charge in [0, 0.05) is 11.6 Å². The van der Waals surface area contributed by atoms with Gasteiger partial charge >= 0.3 is 5.97 Å². The van der Waals surface area contributed by atoms with Gasteiger partial charge in [0.1, 0.15) is 5.75 Å². The second-order valence-corrected chi connectivity index (χ2v) is 5.82. The number of hydrogen-bond acceptors (Lipinski definition) is 3. The second-order valence-electron chi connectivity index (χ2n) is 2.84. The van der Waals surface area contributed by atoms with Crippen molar-refractivity contribution in [3.05, 3.63) is 27.1 Å². The van der Waals surface area contributed by atoms with Gasteiger partial charge in [-0.05, 0) is 52.2 Å². The Morgan fingerprint density at radius 2 is 2.21 bits per heavy atom. The third-order valence-corrected chi connectivity index (χ3v) is 3.58. The predicted octanol–water partition coefficient (Wildman–Crippen LogP) is 3.43. The van der Waals surface area contributed by atoms with E-state index in [1.165, 1.54) is 15.2 Å². The van der Waals surface area contributed by atoms with Gasteiger partial charge in [-0.3, -0.25) is 4.79 Å². The van der Waals surface area contributed by atoms with Crippen molar-refractivity contribution in [2.24, 2.45) is 0 Å². The van der Waals surface area contributed by atoms with Gasteiger partial charge in [0.2, 0.25) is 0 Å². The summed E-state index contributed by atoms with van der Waals surface area (Å²) in [5.74, 6) is 0.332. The van der Waals surface area contributed by atoms with Gasteiger partial charge in [-0.2, -0.15) is 0 Å². The Labute approximate surface area is 99.0 Å². The molecule has 0 saturated heterocycles. The molecule has 0 fully saturated rings. The highest BCUT2D eigenvalue weighted by Crippen LogP contribution is 2.29. The molecule has 4 heteroatoms. The van der Waals surface area contributed by atoms with Crippen LogP contribution in [0.4, 0.5) is 0 Å². The fourth-order valence-corrected chi connectivity index (χ4v) is 3.07. The maximum Gasteiger partial charge on any atom is 0.308 e. The number of hydrogen-bond donors (Lipinski definition) is 0. The molecule has 0 aliphatic rings. The molecule has 2 aromatic rings. The van der Waals surface area contributed by atoms with Crippen LogP contribution in [0.15, 0.2) is 24.3 Å². The number of ether oxygens (including phenoxy) is 1. The van der Waals surface area contributed by atoms with E-state index in [0.29, 0.717) is 5.75 Å². The molecule has 0 radical (unpaired) electrons. The molecule has 0 aliphatic heterocycles. The van der Waals surface area contributed by atoms with Gasteiger partial charge in [-0.25, -0.2) is 0 Å². The zero-order valence-electron chi connectivity index (χ0n) is 7.41. The number of fused-ring (bicyclic) bond motifs is 1. The Kier molecular flexibility index (Phi) is 2.73. The number of esters is 1. The first-order chi connectivity index (χ1) is 6.65. The molecule has 0 atom stereocenters. The van der Waals surface area contributed by atoms with Crippen LogP contribution in [-0.2, 0) is 4.79 Å². The Morgan fingerprint density at radius 3 is 2.93 bits per heavy atom. The Hall–Kier alpha value is -0.620. The van der Waals surface area contributed by atoms with E-state index >= 15 is 0 Å². The van der Waals surface area contributed by atoms with Crippen molar-refractivity contribution in [1.82, 2.24) is 0 Å². The molecule has 1 aromatic heterocycles. The third-order valence-electron chi connectivity index (χ3n) is 1.72. The molecule has 72 valence electrons. The maximum absolute atomic E-state index is 10.7. The van der Waals surface area contributed by atoms with Gasteiger partial charge in [-0.15, -0.1) is 11.3 Å². The van der Waals surface area contributed by atoms with E-state index in [-0.39, 0.29) is 5.97 Å². The summed E-state index contributed by atoms with van der Waals surface area (Å²) in [5, 5.41) is 1.19.